The molecule has 3 heterocycles. The lowest BCUT2D eigenvalue weighted by Crippen LogP contribution is -2.41. The van der Waals surface area contributed by atoms with Gasteiger partial charge in [-0.1, -0.05) is 61.5 Å². The molecule has 3 fully saturated rings. The Morgan fingerprint density at radius 1 is 0.785 bits per heavy atom. The Bertz CT molecular complexity index is 2810. The first kappa shape index (κ1) is 47.9. The minimum atomic E-state index is -3.04. The van der Waals surface area contributed by atoms with E-state index in [4.69, 9.17) is 23.8 Å². The van der Waals surface area contributed by atoms with Crippen LogP contribution in [0.4, 0.5) is 15.8 Å². The number of sulfone groups is 1. The van der Waals surface area contributed by atoms with Crippen LogP contribution in [0.15, 0.2) is 114 Å². The van der Waals surface area contributed by atoms with Gasteiger partial charge in [0.05, 0.1) is 38.6 Å². The molecule has 9 rings (SSSR count). The molecule has 2 unspecified atom stereocenters. The predicted octanol–water partition coefficient (Wildman–Crippen LogP) is 12.6. The van der Waals surface area contributed by atoms with E-state index in [-0.39, 0.29) is 30.0 Å². The summed E-state index contributed by atoms with van der Waals surface area (Å²) in [6.07, 6.45) is 14.8. The third-order valence-electron chi connectivity index (χ3n) is 12.4. The molecule has 65 heavy (non-hydrogen) atoms. The summed E-state index contributed by atoms with van der Waals surface area (Å²) in [6.45, 7) is 25.7. The number of pyridine rings is 2. The second kappa shape index (κ2) is 21.5. The van der Waals surface area contributed by atoms with Crippen LogP contribution < -0.4 is 10.8 Å². The third-order valence-corrected chi connectivity index (χ3v) is 13.8. The van der Waals surface area contributed by atoms with Gasteiger partial charge in [0, 0.05) is 53.0 Å². The van der Waals surface area contributed by atoms with Crippen molar-refractivity contribution in [3.8, 4) is 11.1 Å². The van der Waals surface area contributed by atoms with Crippen LogP contribution in [0.1, 0.15) is 91.2 Å². The number of benzene rings is 4. The van der Waals surface area contributed by atoms with Gasteiger partial charge in [-0.25, -0.2) is 18.1 Å². The first-order valence-corrected chi connectivity index (χ1v) is 24.8. The van der Waals surface area contributed by atoms with Crippen molar-refractivity contribution >= 4 is 71.3 Å². The summed E-state index contributed by atoms with van der Waals surface area (Å²) < 4.78 is 52.4. The lowest BCUT2D eigenvalue weighted by atomic mass is 9.78. The van der Waals surface area contributed by atoms with E-state index >= 15 is 0 Å². The summed E-state index contributed by atoms with van der Waals surface area (Å²) in [5, 5.41) is 7.87. The second-order valence-corrected chi connectivity index (χ2v) is 21.2. The van der Waals surface area contributed by atoms with Crippen LogP contribution in [0.25, 0.3) is 42.4 Å². The van der Waals surface area contributed by atoms with E-state index in [1.807, 2.05) is 79.3 Å². The minimum Gasteiger partial charge on any atom is -0.399 e. The predicted molar refractivity (Wildman–Crippen MR) is 267 cm³/mol. The van der Waals surface area contributed by atoms with Gasteiger partial charge in [0.15, 0.2) is 11.4 Å². The van der Waals surface area contributed by atoms with Crippen LogP contribution in [0.3, 0.4) is 0 Å². The fourth-order valence-corrected chi connectivity index (χ4v) is 9.46. The monoisotopic (exact) mass is 958 g/mol. The maximum Gasteiger partial charge on any atom is 0.494 e. The topological polar surface area (TPSA) is 99.1 Å². The summed E-state index contributed by atoms with van der Waals surface area (Å²) in [4.78, 5) is 15.6. The smallest absolute Gasteiger partial charge is 0.399 e. The Hall–Kier alpha value is -5.02. The van der Waals surface area contributed by atoms with Crippen molar-refractivity contribution in [1.82, 2.24) is 15.3 Å². The van der Waals surface area contributed by atoms with Crippen LogP contribution in [-0.4, -0.2) is 62.4 Å². The number of hydrogen-bond donors (Lipinski definition) is 1. The van der Waals surface area contributed by atoms with Crippen molar-refractivity contribution in [3.63, 3.8) is 0 Å². The van der Waals surface area contributed by atoms with Crippen LogP contribution in [0.2, 0.25) is 0 Å². The summed E-state index contributed by atoms with van der Waals surface area (Å²) in [5.41, 5.74) is 5.99. The highest BCUT2D eigenvalue weighted by Gasteiger charge is 2.51. The number of halogens is 2. The molecule has 4 aromatic carbocycles. The molecular weight excluding hydrogens is 900 g/mol. The summed E-state index contributed by atoms with van der Waals surface area (Å²) in [6, 6.07) is 28.4. The molecule has 13 heteroatoms. The maximum absolute atomic E-state index is 11.9. The molecule has 2 atom stereocenters. The lowest BCUT2D eigenvalue weighted by Gasteiger charge is -2.32. The Morgan fingerprint density at radius 3 is 1.88 bits per heavy atom. The molecule has 0 radical (unpaired) electrons. The van der Waals surface area contributed by atoms with E-state index < -0.39 is 17.0 Å². The molecule has 6 aromatic rings. The highest BCUT2D eigenvalue weighted by atomic mass is 79.9. The molecule has 338 valence electrons. The fourth-order valence-electron chi connectivity index (χ4n) is 7.96. The number of fused-ring (bicyclic) bond motifs is 2. The Morgan fingerprint density at radius 2 is 1.32 bits per heavy atom. The molecular formula is C52H58BBrFN5O4S. The zero-order valence-electron chi connectivity index (χ0n) is 39.0. The Kier molecular flexibility index (Phi) is 15.9. The number of rotatable bonds is 11. The molecule has 1 N–H and O–H groups in total. The summed E-state index contributed by atoms with van der Waals surface area (Å²) in [7, 11) is -4.39. The van der Waals surface area contributed by atoms with Gasteiger partial charge in [0.2, 0.25) is 0 Å². The minimum absolute atomic E-state index is 0.0223. The number of aromatic nitrogens is 2. The van der Waals surface area contributed by atoms with E-state index in [0.717, 1.165) is 73.5 Å². The molecule has 2 aliphatic carbocycles. The van der Waals surface area contributed by atoms with Crippen molar-refractivity contribution in [2.45, 2.75) is 89.9 Å². The van der Waals surface area contributed by atoms with Gasteiger partial charge in [-0.15, -0.1) is 0 Å². The average molecular weight is 960 g/mol. The Balaban J connectivity index is 0.000000165. The second-order valence-electron chi connectivity index (χ2n) is 18.1. The number of nitrogens with zero attached hydrogens (tertiary/aromatic N) is 4. The molecule has 0 bridgehead atoms. The normalized spacial score (nSPS) is 17.1. The van der Waals surface area contributed by atoms with E-state index in [2.05, 4.69) is 99.8 Å². The quantitative estimate of drug-likeness (QED) is 0.102. The zero-order chi connectivity index (χ0) is 47.6. The van der Waals surface area contributed by atoms with Crippen LogP contribution in [0, 0.1) is 25.0 Å². The van der Waals surface area contributed by atoms with Crippen LogP contribution >= 0.6 is 15.9 Å². The number of alkyl halides is 1. The average Bonchev–Trinajstić information content (AvgIpc) is 4.24. The third kappa shape index (κ3) is 13.1. The van der Waals surface area contributed by atoms with E-state index in [0.29, 0.717) is 23.3 Å². The van der Waals surface area contributed by atoms with E-state index in [1.54, 1.807) is 6.20 Å². The summed E-state index contributed by atoms with van der Waals surface area (Å²) >= 11 is 3.48. The van der Waals surface area contributed by atoms with E-state index in [1.165, 1.54) is 31.1 Å². The maximum atomic E-state index is 11.9. The number of nitrogens with one attached hydrogen (secondary N) is 1. The van der Waals surface area contributed by atoms with Crippen molar-refractivity contribution in [1.29, 1.82) is 0 Å². The van der Waals surface area contributed by atoms with Crippen molar-refractivity contribution in [3.05, 3.63) is 148 Å². The first-order chi connectivity index (χ1) is 31.5. The zero-order valence-corrected chi connectivity index (χ0v) is 40.4. The van der Waals surface area contributed by atoms with Gasteiger partial charge in [-0.3, -0.25) is 14.4 Å². The van der Waals surface area contributed by atoms with Gasteiger partial charge in [-0.2, -0.15) is 0 Å². The molecule has 0 amide bonds. The van der Waals surface area contributed by atoms with Crippen molar-refractivity contribution in [2.24, 2.45) is 11.8 Å². The molecule has 1 aliphatic heterocycles. The first-order valence-electron chi connectivity index (χ1n) is 22.7. The van der Waals surface area contributed by atoms with Crippen molar-refractivity contribution < 1.29 is 23.5 Å². The highest BCUT2D eigenvalue weighted by molar-refractivity contribution is 9.10. The largest absolute Gasteiger partial charge is 0.494 e. The molecule has 2 aromatic heterocycles. The summed E-state index contributed by atoms with van der Waals surface area (Å²) in [5.74, 6) is 1.47. The van der Waals surface area contributed by atoms with Gasteiger partial charge >= 0.3 is 7.12 Å². The lowest BCUT2D eigenvalue weighted by molar-refractivity contribution is 0.00578. The van der Waals surface area contributed by atoms with Crippen LogP contribution in [0.5, 0.6) is 0 Å². The molecule has 1 saturated heterocycles. The van der Waals surface area contributed by atoms with Gasteiger partial charge in [0.25, 0.3) is 0 Å². The molecule has 9 nitrogen and oxygen atoms in total. The molecule has 2 saturated carbocycles. The SMILES string of the molecule is CCCNC(c1cncc(Br)c1)C1CC1.[2H]CF.[C-]#[N+]c1ccc2cc(-c3cncc(C(CS(C)(=O)=O)C4CC4)c3)ccc2c1.[C-]#[N+]c1ccc2cc(B3OC(C)(C)C(C)(C)O3)ccc2c1. The standard InChI is InChI=1S/C22H20N2O2S.C17H18BNO2.C12H17BrN2.CH3F/c1-23-21-8-7-16-9-17(5-6-18(16)11-21)19-10-20(13-24-12-19)22(15-3-4-15)14-27(2,25)26;1-16(2)17(3,4)21-18(20-16)14-8-6-13-11-15(19-5)9-7-12(13)10-14;1-2-5-15-12(9-3-4-9)10-6-11(13)8-14-7-10;1-2/h5-13,15,22H,3-4,14H2,2H3;6-11H,1-4H3;6-9,12,15H,2-5H2,1H3;1H3/i;;;1D. The number of hydrogen-bond acceptors (Lipinski definition) is 7. The highest BCUT2D eigenvalue weighted by Crippen LogP contribution is 2.44. The molecule has 3 aliphatic rings. The Labute approximate surface area is 394 Å². The van der Waals surface area contributed by atoms with Crippen LogP contribution in [-0.2, 0) is 19.1 Å². The molecule has 0 spiro atoms. The van der Waals surface area contributed by atoms with Crippen molar-refractivity contribution in [2.75, 3.05) is 25.7 Å². The van der Waals surface area contributed by atoms with Gasteiger partial charge in [-0.05, 0) is 168 Å². The van der Waals surface area contributed by atoms with E-state index in [9.17, 15) is 12.8 Å². The van der Waals surface area contributed by atoms with Gasteiger partial charge < -0.3 is 14.6 Å². The van der Waals surface area contributed by atoms with Gasteiger partial charge in [0.1, 0.15) is 9.84 Å². The fraction of sp³-hybridized carbons (Fsp3) is 0.385.